The molecule has 3 aliphatic rings. The van der Waals surface area contributed by atoms with E-state index in [1.54, 1.807) is 6.26 Å². The fourth-order valence-electron chi connectivity index (χ4n) is 5.36. The van der Waals surface area contributed by atoms with Crippen LogP contribution in [0.2, 0.25) is 0 Å². The lowest BCUT2D eigenvalue weighted by atomic mass is 9.73. The first kappa shape index (κ1) is 17.7. The molecule has 0 radical (unpaired) electrons. The third-order valence-corrected chi connectivity index (χ3v) is 6.60. The number of nitrogens with zero attached hydrogens (tertiary/aromatic N) is 3. The lowest BCUT2D eigenvalue weighted by Gasteiger charge is -2.29. The fourth-order valence-corrected chi connectivity index (χ4v) is 5.36. The van der Waals surface area contributed by atoms with Crippen molar-refractivity contribution in [2.45, 2.75) is 45.3 Å². The summed E-state index contributed by atoms with van der Waals surface area (Å²) in [5.74, 6) is 1.74. The quantitative estimate of drug-likeness (QED) is 0.875. The molecule has 0 aliphatic carbocycles. The average Bonchev–Trinajstić information content (AvgIpc) is 3.38. The van der Waals surface area contributed by atoms with Crippen LogP contribution in [0.5, 0.6) is 0 Å². The molecule has 0 saturated carbocycles. The van der Waals surface area contributed by atoms with Gasteiger partial charge >= 0.3 is 0 Å². The van der Waals surface area contributed by atoms with E-state index in [9.17, 15) is 4.79 Å². The second-order valence-electron chi connectivity index (χ2n) is 8.50. The molecule has 5 heterocycles. The number of amides is 1. The summed E-state index contributed by atoms with van der Waals surface area (Å²) in [6.07, 6.45) is 3.91. The molecule has 7 nitrogen and oxygen atoms in total. The number of fused-ring (bicyclic) bond motifs is 1. The first-order chi connectivity index (χ1) is 13.4. The standard InChI is InChI=1S/C21H26N4O3/c1-12-5-7-27-18(12)19(26)22-9-15-16-10-25(11-21(16)6-4-17(15)28-21)20-23-13(2)8-14(3)24-20/h5,7-8,15-17H,4,6,9-11H2,1-3H3,(H,22,26)/t15-,16+,17+,21+/m0/s1. The number of ether oxygens (including phenoxy) is 1. The third kappa shape index (κ3) is 2.71. The van der Waals surface area contributed by atoms with E-state index in [2.05, 4.69) is 20.2 Å². The van der Waals surface area contributed by atoms with E-state index in [4.69, 9.17) is 9.15 Å². The van der Waals surface area contributed by atoms with E-state index in [-0.39, 0.29) is 17.6 Å². The molecule has 1 N–H and O–H groups in total. The lowest BCUT2D eigenvalue weighted by Crippen LogP contribution is -2.41. The molecule has 148 valence electrons. The predicted octanol–water partition coefficient (Wildman–Crippen LogP) is 2.41. The van der Waals surface area contributed by atoms with Crippen LogP contribution in [0.4, 0.5) is 5.95 Å². The van der Waals surface area contributed by atoms with Gasteiger partial charge in [0.2, 0.25) is 5.95 Å². The SMILES string of the molecule is Cc1cc(C)nc(N2C[C@@H]3[C@H](CNC(=O)c4occc4C)[C@H]4CC[C@]3(C2)O4)n1. The van der Waals surface area contributed by atoms with E-state index in [0.717, 1.165) is 48.8 Å². The zero-order valence-corrected chi connectivity index (χ0v) is 16.6. The molecule has 7 heteroatoms. The Morgan fingerprint density at radius 2 is 2.11 bits per heavy atom. The molecular formula is C21H26N4O3. The van der Waals surface area contributed by atoms with Crippen LogP contribution >= 0.6 is 0 Å². The van der Waals surface area contributed by atoms with Crippen molar-refractivity contribution >= 4 is 11.9 Å². The Bertz CT molecular complexity index is 906. The van der Waals surface area contributed by atoms with Gasteiger partial charge in [-0.15, -0.1) is 0 Å². The molecule has 1 amide bonds. The van der Waals surface area contributed by atoms with Crippen molar-refractivity contribution in [3.8, 4) is 0 Å². The summed E-state index contributed by atoms with van der Waals surface area (Å²) in [4.78, 5) is 24.0. The molecule has 4 atom stereocenters. The Morgan fingerprint density at radius 3 is 2.82 bits per heavy atom. The molecular weight excluding hydrogens is 356 g/mol. The van der Waals surface area contributed by atoms with Gasteiger partial charge in [0.25, 0.3) is 5.91 Å². The van der Waals surface area contributed by atoms with Crippen LogP contribution in [-0.4, -0.2) is 47.2 Å². The summed E-state index contributed by atoms with van der Waals surface area (Å²) in [6, 6.07) is 3.80. The van der Waals surface area contributed by atoms with Crippen LogP contribution in [0.1, 0.15) is 40.3 Å². The van der Waals surface area contributed by atoms with Gasteiger partial charge in [-0.2, -0.15) is 0 Å². The van der Waals surface area contributed by atoms with Crippen LogP contribution in [0.25, 0.3) is 0 Å². The Balaban J connectivity index is 1.32. The van der Waals surface area contributed by atoms with E-state index in [0.29, 0.717) is 24.1 Å². The van der Waals surface area contributed by atoms with Crippen LogP contribution in [-0.2, 0) is 4.74 Å². The number of furan rings is 1. The molecule has 28 heavy (non-hydrogen) atoms. The maximum absolute atomic E-state index is 12.5. The number of anilines is 1. The van der Waals surface area contributed by atoms with Gasteiger partial charge in [-0.3, -0.25) is 4.79 Å². The van der Waals surface area contributed by atoms with Gasteiger partial charge in [-0.1, -0.05) is 0 Å². The molecule has 3 saturated heterocycles. The van der Waals surface area contributed by atoms with E-state index in [1.807, 2.05) is 32.9 Å². The summed E-state index contributed by atoms with van der Waals surface area (Å²) < 4.78 is 11.8. The number of hydrogen-bond donors (Lipinski definition) is 1. The smallest absolute Gasteiger partial charge is 0.287 e. The minimum Gasteiger partial charge on any atom is -0.459 e. The number of carbonyl (C=O) groups is 1. The maximum atomic E-state index is 12.5. The van der Waals surface area contributed by atoms with E-state index < -0.39 is 0 Å². The highest BCUT2D eigenvalue weighted by atomic mass is 16.5. The number of carbonyl (C=O) groups excluding carboxylic acids is 1. The Labute approximate surface area is 164 Å². The highest BCUT2D eigenvalue weighted by molar-refractivity contribution is 5.92. The van der Waals surface area contributed by atoms with Gasteiger partial charge in [0, 0.05) is 41.9 Å². The first-order valence-electron chi connectivity index (χ1n) is 10.0. The minimum atomic E-state index is -0.146. The number of aryl methyl sites for hydroxylation is 3. The van der Waals surface area contributed by atoms with Crippen molar-refractivity contribution in [1.82, 2.24) is 15.3 Å². The predicted molar refractivity (Wildman–Crippen MR) is 103 cm³/mol. The molecule has 2 bridgehead atoms. The van der Waals surface area contributed by atoms with Gasteiger partial charge in [-0.05, 0) is 45.7 Å². The van der Waals surface area contributed by atoms with Crippen LogP contribution in [0.15, 0.2) is 22.8 Å². The average molecular weight is 382 g/mol. The topological polar surface area (TPSA) is 80.5 Å². The van der Waals surface area contributed by atoms with E-state index in [1.165, 1.54) is 0 Å². The minimum absolute atomic E-state index is 0.123. The van der Waals surface area contributed by atoms with Crippen LogP contribution in [0.3, 0.4) is 0 Å². The van der Waals surface area contributed by atoms with Crippen molar-refractivity contribution in [1.29, 1.82) is 0 Å². The molecule has 2 aromatic heterocycles. The fraction of sp³-hybridized carbons (Fsp3) is 0.571. The summed E-state index contributed by atoms with van der Waals surface area (Å²) in [5, 5.41) is 3.07. The van der Waals surface area contributed by atoms with Crippen LogP contribution in [0, 0.1) is 32.6 Å². The summed E-state index contributed by atoms with van der Waals surface area (Å²) >= 11 is 0. The van der Waals surface area contributed by atoms with Gasteiger partial charge < -0.3 is 19.4 Å². The Hall–Kier alpha value is -2.41. The highest BCUT2D eigenvalue weighted by Gasteiger charge is 2.63. The van der Waals surface area contributed by atoms with Gasteiger partial charge in [0.05, 0.1) is 24.5 Å². The molecule has 1 spiro atoms. The van der Waals surface area contributed by atoms with Crippen molar-refractivity contribution in [2.75, 3.05) is 24.5 Å². The largest absolute Gasteiger partial charge is 0.459 e. The molecule has 0 aromatic carbocycles. The second-order valence-corrected chi connectivity index (χ2v) is 8.50. The second kappa shape index (κ2) is 6.30. The van der Waals surface area contributed by atoms with Crippen molar-refractivity contribution in [2.24, 2.45) is 11.8 Å². The zero-order valence-electron chi connectivity index (χ0n) is 16.6. The molecule has 3 fully saturated rings. The molecule has 3 aliphatic heterocycles. The Morgan fingerprint density at radius 1 is 1.32 bits per heavy atom. The van der Waals surface area contributed by atoms with Crippen molar-refractivity contribution < 1.29 is 13.9 Å². The lowest BCUT2D eigenvalue weighted by molar-refractivity contribution is 0.0141. The van der Waals surface area contributed by atoms with Gasteiger partial charge in [0.15, 0.2) is 5.76 Å². The number of rotatable bonds is 4. The molecule has 2 aromatic rings. The first-order valence-corrected chi connectivity index (χ1v) is 10.0. The van der Waals surface area contributed by atoms with E-state index >= 15 is 0 Å². The monoisotopic (exact) mass is 382 g/mol. The summed E-state index contributed by atoms with van der Waals surface area (Å²) in [5.41, 5.74) is 2.71. The third-order valence-electron chi connectivity index (χ3n) is 6.60. The summed E-state index contributed by atoms with van der Waals surface area (Å²) in [7, 11) is 0. The highest BCUT2D eigenvalue weighted by Crippen LogP contribution is 2.55. The number of nitrogens with one attached hydrogen (secondary N) is 1. The van der Waals surface area contributed by atoms with Crippen molar-refractivity contribution in [3.05, 3.63) is 41.1 Å². The normalized spacial score (nSPS) is 30.7. The number of aromatic nitrogens is 2. The molecule has 0 unspecified atom stereocenters. The van der Waals surface area contributed by atoms with Gasteiger partial charge in [-0.25, -0.2) is 9.97 Å². The van der Waals surface area contributed by atoms with Gasteiger partial charge in [0.1, 0.15) is 0 Å². The number of hydrogen-bond acceptors (Lipinski definition) is 6. The van der Waals surface area contributed by atoms with Crippen molar-refractivity contribution in [3.63, 3.8) is 0 Å². The Kier molecular flexibility index (Phi) is 3.98. The van der Waals surface area contributed by atoms with Crippen LogP contribution < -0.4 is 10.2 Å². The maximum Gasteiger partial charge on any atom is 0.287 e. The summed E-state index contributed by atoms with van der Waals surface area (Å²) in [6.45, 7) is 8.21. The zero-order chi connectivity index (χ0) is 19.5. The molecule has 5 rings (SSSR count).